The van der Waals surface area contributed by atoms with E-state index in [1.165, 1.54) is 25.7 Å². The van der Waals surface area contributed by atoms with E-state index in [1.807, 2.05) is 12.1 Å². The second-order valence-corrected chi connectivity index (χ2v) is 5.60. The molecule has 5 nitrogen and oxygen atoms in total. The molecule has 2 atom stereocenters. The molecule has 1 aliphatic rings. The highest BCUT2D eigenvalue weighted by atomic mass is 16.5. The van der Waals surface area contributed by atoms with Crippen LogP contribution in [0.5, 0.6) is 0 Å². The summed E-state index contributed by atoms with van der Waals surface area (Å²) in [5.41, 5.74) is 0.952. The van der Waals surface area contributed by atoms with E-state index < -0.39 is 0 Å². The lowest BCUT2D eigenvalue weighted by Crippen LogP contribution is -2.34. The van der Waals surface area contributed by atoms with Crippen LogP contribution in [0.15, 0.2) is 29.0 Å². The van der Waals surface area contributed by atoms with Crippen molar-refractivity contribution in [2.45, 2.75) is 51.0 Å². The van der Waals surface area contributed by atoms with Crippen LogP contribution in [0, 0.1) is 0 Å². The van der Waals surface area contributed by atoms with Crippen molar-refractivity contribution in [1.29, 1.82) is 0 Å². The Morgan fingerprint density at radius 1 is 1.19 bits per heavy atom. The summed E-state index contributed by atoms with van der Waals surface area (Å²) in [4.78, 5) is 8.65. The zero-order valence-corrected chi connectivity index (χ0v) is 12.5. The van der Waals surface area contributed by atoms with E-state index >= 15 is 0 Å². The predicted molar refractivity (Wildman–Crippen MR) is 80.8 cm³/mol. The Balaban J connectivity index is 1.83. The van der Waals surface area contributed by atoms with Crippen LogP contribution >= 0.6 is 0 Å². The SMILES string of the molecule is CCNC1CCCCCC1c1nc(-c2ccncc2)no1. The summed E-state index contributed by atoms with van der Waals surface area (Å²) in [5.74, 6) is 1.76. The molecule has 21 heavy (non-hydrogen) atoms. The van der Waals surface area contributed by atoms with Crippen molar-refractivity contribution >= 4 is 0 Å². The lowest BCUT2D eigenvalue weighted by atomic mass is 9.94. The Kier molecular flexibility index (Phi) is 4.60. The number of nitrogens with one attached hydrogen (secondary N) is 1. The molecule has 2 aromatic rings. The van der Waals surface area contributed by atoms with Crippen molar-refractivity contribution in [1.82, 2.24) is 20.4 Å². The zero-order chi connectivity index (χ0) is 14.5. The Hall–Kier alpha value is -1.75. The van der Waals surface area contributed by atoms with E-state index in [0.29, 0.717) is 17.8 Å². The summed E-state index contributed by atoms with van der Waals surface area (Å²) < 4.78 is 5.57. The summed E-state index contributed by atoms with van der Waals surface area (Å²) in [7, 11) is 0. The highest BCUT2D eigenvalue weighted by Crippen LogP contribution is 2.32. The predicted octanol–water partition coefficient (Wildman–Crippen LogP) is 3.16. The molecule has 1 aliphatic carbocycles. The Morgan fingerprint density at radius 3 is 2.81 bits per heavy atom. The van der Waals surface area contributed by atoms with Crippen LogP contribution in [-0.4, -0.2) is 27.7 Å². The van der Waals surface area contributed by atoms with E-state index in [2.05, 4.69) is 27.4 Å². The molecular formula is C16H22N4O. The molecule has 112 valence electrons. The molecule has 0 radical (unpaired) electrons. The third kappa shape index (κ3) is 3.29. The van der Waals surface area contributed by atoms with Gasteiger partial charge in [0.15, 0.2) is 0 Å². The van der Waals surface area contributed by atoms with Gasteiger partial charge < -0.3 is 9.84 Å². The fourth-order valence-electron chi connectivity index (χ4n) is 3.11. The standard InChI is InChI=1S/C16H22N4O/c1-2-18-14-7-5-3-4-6-13(14)16-19-15(20-21-16)12-8-10-17-11-9-12/h8-11,13-14,18H,2-7H2,1H3. The minimum atomic E-state index is 0.329. The topological polar surface area (TPSA) is 63.8 Å². The van der Waals surface area contributed by atoms with Crippen LogP contribution in [-0.2, 0) is 0 Å². The normalized spacial score (nSPS) is 22.9. The maximum absolute atomic E-state index is 5.57. The van der Waals surface area contributed by atoms with Gasteiger partial charge in [-0.1, -0.05) is 31.3 Å². The highest BCUT2D eigenvalue weighted by Gasteiger charge is 2.29. The van der Waals surface area contributed by atoms with Crippen molar-refractivity contribution in [3.8, 4) is 11.4 Å². The van der Waals surface area contributed by atoms with Gasteiger partial charge in [-0.15, -0.1) is 0 Å². The average molecular weight is 286 g/mol. The largest absolute Gasteiger partial charge is 0.339 e. The number of likely N-dealkylation sites (N-methyl/N-ethyl adjacent to an activating group) is 1. The van der Waals surface area contributed by atoms with Gasteiger partial charge in [-0.25, -0.2) is 0 Å². The van der Waals surface area contributed by atoms with Gasteiger partial charge in [0.25, 0.3) is 0 Å². The quantitative estimate of drug-likeness (QED) is 0.875. The molecular weight excluding hydrogens is 264 g/mol. The minimum absolute atomic E-state index is 0.329. The van der Waals surface area contributed by atoms with Crippen molar-refractivity contribution in [3.05, 3.63) is 30.4 Å². The second-order valence-electron chi connectivity index (χ2n) is 5.60. The van der Waals surface area contributed by atoms with Crippen molar-refractivity contribution in [3.63, 3.8) is 0 Å². The van der Waals surface area contributed by atoms with Gasteiger partial charge in [-0.05, 0) is 31.5 Å². The number of pyridine rings is 1. The zero-order valence-electron chi connectivity index (χ0n) is 12.5. The van der Waals surface area contributed by atoms with Crippen molar-refractivity contribution < 1.29 is 4.52 Å². The Labute approximate surface area is 125 Å². The number of nitrogens with zero attached hydrogens (tertiary/aromatic N) is 3. The molecule has 1 saturated carbocycles. The molecule has 2 unspecified atom stereocenters. The van der Waals surface area contributed by atoms with Crippen LogP contribution < -0.4 is 5.32 Å². The fourth-order valence-corrected chi connectivity index (χ4v) is 3.11. The Bertz CT molecular complexity index is 554. The summed E-state index contributed by atoms with van der Waals surface area (Å²) in [5, 5.41) is 7.73. The molecule has 0 saturated heterocycles. The first-order valence-electron chi connectivity index (χ1n) is 7.86. The van der Waals surface area contributed by atoms with E-state index in [4.69, 9.17) is 4.52 Å². The minimum Gasteiger partial charge on any atom is -0.339 e. The van der Waals surface area contributed by atoms with Gasteiger partial charge in [0.1, 0.15) is 0 Å². The van der Waals surface area contributed by atoms with E-state index in [9.17, 15) is 0 Å². The molecule has 0 aliphatic heterocycles. The maximum Gasteiger partial charge on any atom is 0.231 e. The molecule has 0 spiro atoms. The fraction of sp³-hybridized carbons (Fsp3) is 0.562. The second kappa shape index (κ2) is 6.80. The van der Waals surface area contributed by atoms with Crippen LogP contribution in [0.25, 0.3) is 11.4 Å². The average Bonchev–Trinajstić information content (AvgIpc) is 2.90. The Morgan fingerprint density at radius 2 is 2.00 bits per heavy atom. The third-order valence-electron chi connectivity index (χ3n) is 4.18. The van der Waals surface area contributed by atoms with Gasteiger partial charge in [0.05, 0.1) is 5.92 Å². The summed E-state index contributed by atoms with van der Waals surface area (Å²) in [6, 6.07) is 4.26. The monoisotopic (exact) mass is 286 g/mol. The molecule has 1 N–H and O–H groups in total. The third-order valence-corrected chi connectivity index (χ3v) is 4.18. The maximum atomic E-state index is 5.57. The number of rotatable bonds is 4. The first-order valence-corrected chi connectivity index (χ1v) is 7.86. The number of aromatic nitrogens is 3. The lowest BCUT2D eigenvalue weighted by Gasteiger charge is -2.22. The van der Waals surface area contributed by atoms with Gasteiger partial charge in [-0.2, -0.15) is 4.98 Å². The summed E-state index contributed by atoms with van der Waals surface area (Å²) in [6.07, 6.45) is 9.61. The van der Waals surface area contributed by atoms with Gasteiger partial charge >= 0.3 is 0 Å². The van der Waals surface area contributed by atoms with Crippen molar-refractivity contribution in [2.75, 3.05) is 6.54 Å². The van der Waals surface area contributed by atoms with Crippen molar-refractivity contribution in [2.24, 2.45) is 0 Å². The lowest BCUT2D eigenvalue weighted by molar-refractivity contribution is 0.306. The summed E-state index contributed by atoms with van der Waals surface area (Å²) in [6.45, 7) is 3.13. The van der Waals surface area contributed by atoms with Crippen LogP contribution in [0.3, 0.4) is 0 Å². The van der Waals surface area contributed by atoms with Crippen LogP contribution in [0.2, 0.25) is 0 Å². The molecule has 0 bridgehead atoms. The first-order chi connectivity index (χ1) is 10.4. The molecule has 0 aromatic carbocycles. The number of hydrogen-bond donors (Lipinski definition) is 1. The molecule has 2 heterocycles. The van der Waals surface area contributed by atoms with E-state index in [-0.39, 0.29) is 0 Å². The number of hydrogen-bond acceptors (Lipinski definition) is 5. The smallest absolute Gasteiger partial charge is 0.231 e. The van der Waals surface area contributed by atoms with E-state index in [0.717, 1.165) is 24.4 Å². The van der Waals surface area contributed by atoms with Gasteiger partial charge in [0, 0.05) is 24.0 Å². The molecule has 3 rings (SSSR count). The van der Waals surface area contributed by atoms with Gasteiger partial charge in [0.2, 0.25) is 11.7 Å². The van der Waals surface area contributed by atoms with E-state index in [1.54, 1.807) is 12.4 Å². The summed E-state index contributed by atoms with van der Waals surface area (Å²) >= 11 is 0. The molecule has 1 fully saturated rings. The van der Waals surface area contributed by atoms with Gasteiger partial charge in [-0.3, -0.25) is 4.98 Å². The van der Waals surface area contributed by atoms with Crippen LogP contribution in [0.1, 0.15) is 50.8 Å². The molecule has 0 amide bonds. The molecule has 5 heteroatoms. The highest BCUT2D eigenvalue weighted by molar-refractivity contribution is 5.52. The molecule has 2 aromatic heterocycles. The van der Waals surface area contributed by atoms with Crippen LogP contribution in [0.4, 0.5) is 0 Å². The first kappa shape index (κ1) is 14.2.